The van der Waals surface area contributed by atoms with Crippen molar-refractivity contribution in [2.45, 2.75) is 5.16 Å². The fourth-order valence-electron chi connectivity index (χ4n) is 2.26. The van der Waals surface area contributed by atoms with Gasteiger partial charge in [0, 0.05) is 20.8 Å². The number of rotatable bonds is 5. The molecule has 0 unspecified atom stereocenters. The number of aromatic hydroxyl groups is 1. The summed E-state index contributed by atoms with van der Waals surface area (Å²) in [5.41, 5.74) is 1.34. The van der Waals surface area contributed by atoms with Crippen LogP contribution in [0.3, 0.4) is 0 Å². The number of nitrogens with zero attached hydrogens (tertiary/aromatic N) is 3. The summed E-state index contributed by atoms with van der Waals surface area (Å²) >= 11 is 6.87. The van der Waals surface area contributed by atoms with Crippen molar-refractivity contribution in [1.82, 2.24) is 14.8 Å². The molecule has 0 radical (unpaired) electrons. The summed E-state index contributed by atoms with van der Waals surface area (Å²) < 4.78 is 3.64. The second kappa shape index (κ2) is 8.40. The molecule has 1 amide bonds. The van der Waals surface area contributed by atoms with Gasteiger partial charge in [-0.25, -0.2) is 0 Å². The average molecular weight is 545 g/mol. The van der Waals surface area contributed by atoms with Crippen LogP contribution in [0.1, 0.15) is 0 Å². The molecule has 2 aromatic carbocycles. The highest BCUT2D eigenvalue weighted by Gasteiger charge is 2.16. The van der Waals surface area contributed by atoms with E-state index in [-0.39, 0.29) is 17.4 Å². The first-order valence-corrected chi connectivity index (χ1v) is 10.4. The van der Waals surface area contributed by atoms with Crippen LogP contribution in [-0.2, 0) is 11.8 Å². The maximum Gasteiger partial charge on any atom is 0.234 e. The smallest absolute Gasteiger partial charge is 0.234 e. The van der Waals surface area contributed by atoms with Gasteiger partial charge in [0.25, 0.3) is 0 Å². The molecule has 0 fully saturated rings. The molecule has 0 aliphatic rings. The molecule has 0 aliphatic heterocycles. The molecule has 9 heteroatoms. The van der Waals surface area contributed by atoms with Crippen molar-refractivity contribution in [2.24, 2.45) is 7.05 Å². The minimum atomic E-state index is -0.119. The number of carbonyl (C=O) groups is 1. The number of hydrogen-bond donors (Lipinski definition) is 2. The number of halogens is 2. The Hall–Kier alpha value is -1.59. The predicted octanol–water partition coefficient (Wildman–Crippen LogP) is 4.29. The Morgan fingerprint density at radius 2 is 2.12 bits per heavy atom. The standard InChI is InChI=1S/C17H14BrIN4O2S/c1-23-16(13-7-10(18)5-6-14(13)24)21-22-17(23)26-9-15(25)20-12-4-2-3-11(19)8-12/h2-8,24H,9H2,1H3,(H,20,25). The summed E-state index contributed by atoms with van der Waals surface area (Å²) in [5.74, 6) is 0.745. The lowest BCUT2D eigenvalue weighted by molar-refractivity contribution is -0.113. The summed E-state index contributed by atoms with van der Waals surface area (Å²) in [5, 5.41) is 21.8. The van der Waals surface area contributed by atoms with E-state index in [9.17, 15) is 9.90 Å². The van der Waals surface area contributed by atoms with Gasteiger partial charge in [-0.2, -0.15) is 0 Å². The van der Waals surface area contributed by atoms with Gasteiger partial charge in [-0.3, -0.25) is 4.79 Å². The molecule has 134 valence electrons. The van der Waals surface area contributed by atoms with E-state index in [0.717, 1.165) is 13.7 Å². The maximum absolute atomic E-state index is 12.1. The van der Waals surface area contributed by atoms with E-state index in [0.29, 0.717) is 16.5 Å². The van der Waals surface area contributed by atoms with Gasteiger partial charge in [0.2, 0.25) is 5.91 Å². The molecule has 2 N–H and O–H groups in total. The number of benzene rings is 2. The summed E-state index contributed by atoms with van der Waals surface area (Å²) in [6.07, 6.45) is 0. The molecule has 1 aromatic heterocycles. The number of phenolic OH excluding ortho intramolecular Hbond substituents is 1. The number of nitrogens with one attached hydrogen (secondary N) is 1. The van der Waals surface area contributed by atoms with Crippen LogP contribution in [0.4, 0.5) is 5.69 Å². The lowest BCUT2D eigenvalue weighted by Gasteiger charge is -2.07. The number of anilines is 1. The first-order chi connectivity index (χ1) is 12.4. The number of phenols is 1. The van der Waals surface area contributed by atoms with Crippen LogP contribution in [0.25, 0.3) is 11.4 Å². The monoisotopic (exact) mass is 544 g/mol. The Balaban J connectivity index is 1.69. The minimum Gasteiger partial charge on any atom is -0.507 e. The summed E-state index contributed by atoms with van der Waals surface area (Å²) in [6.45, 7) is 0. The second-order valence-electron chi connectivity index (χ2n) is 5.37. The van der Waals surface area contributed by atoms with Crippen molar-refractivity contribution in [3.63, 3.8) is 0 Å². The quantitative estimate of drug-likeness (QED) is 0.370. The Bertz CT molecular complexity index is 964. The van der Waals surface area contributed by atoms with Gasteiger partial charge in [0.15, 0.2) is 11.0 Å². The topological polar surface area (TPSA) is 80.0 Å². The maximum atomic E-state index is 12.1. The first kappa shape index (κ1) is 19.2. The van der Waals surface area contributed by atoms with Gasteiger partial charge in [0.1, 0.15) is 5.75 Å². The van der Waals surface area contributed by atoms with Crippen LogP contribution < -0.4 is 5.32 Å². The van der Waals surface area contributed by atoms with Gasteiger partial charge >= 0.3 is 0 Å². The van der Waals surface area contributed by atoms with Crippen molar-refractivity contribution in [3.8, 4) is 17.1 Å². The molecule has 0 bridgehead atoms. The highest BCUT2D eigenvalue weighted by atomic mass is 127. The summed E-state index contributed by atoms with van der Waals surface area (Å²) in [4.78, 5) is 12.1. The Morgan fingerprint density at radius 1 is 1.31 bits per heavy atom. The van der Waals surface area contributed by atoms with Gasteiger partial charge < -0.3 is 15.0 Å². The largest absolute Gasteiger partial charge is 0.507 e. The zero-order chi connectivity index (χ0) is 18.7. The molecule has 26 heavy (non-hydrogen) atoms. The van der Waals surface area contributed by atoms with E-state index in [2.05, 4.69) is 54.0 Å². The van der Waals surface area contributed by atoms with Crippen LogP contribution in [0.5, 0.6) is 5.75 Å². The third-order valence-corrected chi connectivity index (χ3v) is 5.66. The van der Waals surface area contributed by atoms with Crippen molar-refractivity contribution in [3.05, 3.63) is 50.5 Å². The fourth-order valence-corrected chi connectivity index (χ4v) is 3.87. The van der Waals surface area contributed by atoms with Crippen molar-refractivity contribution < 1.29 is 9.90 Å². The van der Waals surface area contributed by atoms with Crippen molar-refractivity contribution in [1.29, 1.82) is 0 Å². The number of hydrogen-bond acceptors (Lipinski definition) is 5. The fraction of sp³-hybridized carbons (Fsp3) is 0.118. The molecule has 0 spiro atoms. The van der Waals surface area contributed by atoms with Gasteiger partial charge in [-0.05, 0) is 59.0 Å². The van der Waals surface area contributed by atoms with Crippen LogP contribution >= 0.6 is 50.3 Å². The average Bonchev–Trinajstić information content (AvgIpc) is 2.96. The second-order valence-corrected chi connectivity index (χ2v) is 8.48. The number of thioether (sulfide) groups is 1. The molecule has 0 saturated carbocycles. The Kier molecular flexibility index (Phi) is 6.20. The van der Waals surface area contributed by atoms with E-state index in [1.807, 2.05) is 24.3 Å². The van der Waals surface area contributed by atoms with Crippen molar-refractivity contribution >= 4 is 61.9 Å². The van der Waals surface area contributed by atoms with E-state index in [1.165, 1.54) is 11.8 Å². The van der Waals surface area contributed by atoms with Crippen LogP contribution in [0.15, 0.2) is 52.1 Å². The molecule has 0 aliphatic carbocycles. The molecule has 3 aromatic rings. The van der Waals surface area contributed by atoms with E-state index >= 15 is 0 Å². The van der Waals surface area contributed by atoms with Gasteiger partial charge in [0.05, 0.1) is 11.3 Å². The molecule has 0 atom stereocenters. The molecular formula is C17H14BrIN4O2S. The molecular weight excluding hydrogens is 531 g/mol. The van der Waals surface area contributed by atoms with Crippen LogP contribution in [0.2, 0.25) is 0 Å². The molecule has 1 heterocycles. The first-order valence-electron chi connectivity index (χ1n) is 7.50. The third kappa shape index (κ3) is 4.57. The Labute approximate surface area is 176 Å². The lowest BCUT2D eigenvalue weighted by atomic mass is 10.2. The Morgan fingerprint density at radius 3 is 2.88 bits per heavy atom. The number of aromatic nitrogens is 3. The van der Waals surface area contributed by atoms with Crippen molar-refractivity contribution in [2.75, 3.05) is 11.1 Å². The van der Waals surface area contributed by atoms with E-state index in [1.54, 1.807) is 29.8 Å². The zero-order valence-corrected chi connectivity index (χ0v) is 18.2. The molecule has 6 nitrogen and oxygen atoms in total. The number of carbonyl (C=O) groups excluding carboxylic acids is 1. The van der Waals surface area contributed by atoms with Crippen LogP contribution in [-0.4, -0.2) is 31.5 Å². The SMILES string of the molecule is Cn1c(SCC(=O)Nc2cccc(I)c2)nnc1-c1cc(Br)ccc1O. The van der Waals surface area contributed by atoms with Gasteiger partial charge in [-0.1, -0.05) is 33.8 Å². The summed E-state index contributed by atoms with van der Waals surface area (Å²) in [7, 11) is 1.80. The highest BCUT2D eigenvalue weighted by molar-refractivity contribution is 14.1. The van der Waals surface area contributed by atoms with Crippen LogP contribution in [0, 0.1) is 3.57 Å². The number of amides is 1. The normalized spacial score (nSPS) is 10.7. The zero-order valence-electron chi connectivity index (χ0n) is 13.6. The van der Waals surface area contributed by atoms with E-state index < -0.39 is 0 Å². The molecule has 0 saturated heterocycles. The van der Waals surface area contributed by atoms with Gasteiger partial charge in [-0.15, -0.1) is 10.2 Å². The summed E-state index contributed by atoms with van der Waals surface area (Å²) in [6, 6.07) is 12.7. The minimum absolute atomic E-state index is 0.119. The third-order valence-electron chi connectivity index (χ3n) is 3.48. The molecule has 3 rings (SSSR count). The predicted molar refractivity (Wildman–Crippen MR) is 114 cm³/mol. The highest BCUT2D eigenvalue weighted by Crippen LogP contribution is 2.32. The lowest BCUT2D eigenvalue weighted by Crippen LogP contribution is -2.14. The van der Waals surface area contributed by atoms with E-state index in [4.69, 9.17) is 0 Å².